The number of hydrogen-bond acceptors (Lipinski definition) is 2. The second kappa shape index (κ2) is 5.14. The van der Waals surface area contributed by atoms with Crippen molar-refractivity contribution in [2.75, 3.05) is 0 Å². The summed E-state index contributed by atoms with van der Waals surface area (Å²) < 4.78 is 0. The Kier molecular flexibility index (Phi) is 3.59. The van der Waals surface area contributed by atoms with Gasteiger partial charge in [0.25, 0.3) is 5.91 Å². The molecule has 1 saturated carbocycles. The number of hydrogen-bond donors (Lipinski definition) is 2. The predicted octanol–water partition coefficient (Wildman–Crippen LogP) is 2.17. The van der Waals surface area contributed by atoms with Crippen molar-refractivity contribution in [1.29, 1.82) is 0 Å². The summed E-state index contributed by atoms with van der Waals surface area (Å²) in [5.41, 5.74) is 0.571. The molecule has 1 fully saturated rings. The molecule has 1 aliphatic carbocycles. The van der Waals surface area contributed by atoms with Gasteiger partial charge in [0.05, 0.1) is 6.20 Å². The normalized spacial score (nSPS) is 18.1. The maximum Gasteiger partial charge on any atom is 0.269 e. The molecule has 4 heteroatoms. The molecule has 88 valence electrons. The summed E-state index contributed by atoms with van der Waals surface area (Å²) in [6.45, 7) is 1.85. The smallest absolute Gasteiger partial charge is 0.269 e. The van der Waals surface area contributed by atoms with E-state index < -0.39 is 0 Å². The van der Waals surface area contributed by atoms with Crippen LogP contribution >= 0.6 is 0 Å². The van der Waals surface area contributed by atoms with Crippen molar-refractivity contribution < 1.29 is 4.79 Å². The minimum Gasteiger partial charge on any atom is -0.348 e. The molecule has 1 amide bonds. The zero-order valence-corrected chi connectivity index (χ0v) is 9.75. The molecule has 0 atom stereocenters. The molecule has 0 aliphatic heterocycles. The maximum atomic E-state index is 11.9. The molecule has 0 spiro atoms. The lowest BCUT2D eigenvalue weighted by Crippen LogP contribution is -2.34. The van der Waals surface area contributed by atoms with E-state index in [0.717, 1.165) is 18.7 Å². The van der Waals surface area contributed by atoms with Crippen LogP contribution in [0.15, 0.2) is 6.20 Å². The van der Waals surface area contributed by atoms with Crippen molar-refractivity contribution in [3.8, 4) is 0 Å². The first-order valence-corrected chi connectivity index (χ1v) is 6.08. The zero-order valence-electron chi connectivity index (χ0n) is 9.75. The summed E-state index contributed by atoms with van der Waals surface area (Å²) in [6, 6.07) is 0.346. The van der Waals surface area contributed by atoms with Gasteiger partial charge in [0.15, 0.2) is 0 Å². The molecular formula is C12H19N3O. The molecule has 2 N–H and O–H groups in total. The third-order valence-corrected chi connectivity index (χ3v) is 3.14. The van der Waals surface area contributed by atoms with Gasteiger partial charge < -0.3 is 10.3 Å². The molecule has 2 rings (SSSR count). The van der Waals surface area contributed by atoms with Crippen LogP contribution in [-0.2, 0) is 0 Å². The highest BCUT2D eigenvalue weighted by Crippen LogP contribution is 2.17. The van der Waals surface area contributed by atoms with E-state index in [4.69, 9.17) is 0 Å². The van der Waals surface area contributed by atoms with Gasteiger partial charge in [-0.3, -0.25) is 4.79 Å². The molecule has 0 unspecified atom stereocenters. The van der Waals surface area contributed by atoms with Crippen LogP contribution in [0, 0.1) is 6.92 Å². The first-order chi connectivity index (χ1) is 7.75. The summed E-state index contributed by atoms with van der Waals surface area (Å²) in [5, 5.41) is 3.08. The number of aromatic nitrogens is 2. The average molecular weight is 221 g/mol. The third kappa shape index (κ3) is 2.84. The first kappa shape index (κ1) is 11.2. The number of nitrogens with zero attached hydrogens (tertiary/aromatic N) is 1. The summed E-state index contributed by atoms with van der Waals surface area (Å²) >= 11 is 0. The fourth-order valence-electron chi connectivity index (χ4n) is 2.22. The Bertz CT molecular complexity index is 351. The molecule has 16 heavy (non-hydrogen) atoms. The fraction of sp³-hybridized carbons (Fsp3) is 0.667. The zero-order chi connectivity index (χ0) is 11.4. The predicted molar refractivity (Wildman–Crippen MR) is 62.3 cm³/mol. The van der Waals surface area contributed by atoms with Gasteiger partial charge >= 0.3 is 0 Å². The standard InChI is InChI=1S/C12H19N3O/c1-9-13-8-11(14-9)12(16)15-10-6-4-2-3-5-7-10/h8,10H,2-7H2,1H3,(H,13,14)(H,15,16). The minimum atomic E-state index is -0.0208. The quantitative estimate of drug-likeness (QED) is 0.752. The summed E-state index contributed by atoms with van der Waals surface area (Å²) in [6.07, 6.45) is 8.88. The van der Waals surface area contributed by atoms with Crippen LogP contribution in [0.3, 0.4) is 0 Å². The SMILES string of the molecule is Cc1ncc(C(=O)NC2CCCCCC2)[nH]1. The maximum absolute atomic E-state index is 11.9. The van der Waals surface area contributed by atoms with Crippen molar-refractivity contribution in [3.63, 3.8) is 0 Å². The van der Waals surface area contributed by atoms with E-state index in [2.05, 4.69) is 15.3 Å². The Morgan fingerprint density at radius 3 is 2.62 bits per heavy atom. The van der Waals surface area contributed by atoms with Crippen LogP contribution in [0.4, 0.5) is 0 Å². The van der Waals surface area contributed by atoms with E-state index in [9.17, 15) is 4.79 Å². The van der Waals surface area contributed by atoms with Crippen LogP contribution in [0.2, 0.25) is 0 Å². The Hall–Kier alpha value is -1.32. The number of aromatic amines is 1. The van der Waals surface area contributed by atoms with Crippen molar-refractivity contribution in [2.45, 2.75) is 51.5 Å². The van der Waals surface area contributed by atoms with Crippen LogP contribution in [-0.4, -0.2) is 21.9 Å². The highest BCUT2D eigenvalue weighted by molar-refractivity contribution is 5.92. The monoisotopic (exact) mass is 221 g/mol. The van der Waals surface area contributed by atoms with Crippen molar-refractivity contribution in [2.24, 2.45) is 0 Å². The lowest BCUT2D eigenvalue weighted by atomic mass is 10.1. The van der Waals surface area contributed by atoms with Crippen LogP contribution in [0.25, 0.3) is 0 Å². The number of amides is 1. The van der Waals surface area contributed by atoms with E-state index >= 15 is 0 Å². The van der Waals surface area contributed by atoms with E-state index in [0.29, 0.717) is 11.7 Å². The molecule has 0 aromatic carbocycles. The van der Waals surface area contributed by atoms with Gasteiger partial charge in [-0.15, -0.1) is 0 Å². The van der Waals surface area contributed by atoms with Gasteiger partial charge in [0, 0.05) is 6.04 Å². The van der Waals surface area contributed by atoms with Gasteiger partial charge in [0.2, 0.25) is 0 Å². The van der Waals surface area contributed by atoms with Crippen molar-refractivity contribution in [1.82, 2.24) is 15.3 Å². The van der Waals surface area contributed by atoms with Crippen LogP contribution < -0.4 is 5.32 Å². The fourth-order valence-corrected chi connectivity index (χ4v) is 2.22. The number of imidazole rings is 1. The van der Waals surface area contributed by atoms with E-state index in [1.807, 2.05) is 6.92 Å². The second-order valence-corrected chi connectivity index (χ2v) is 4.54. The van der Waals surface area contributed by atoms with Crippen molar-refractivity contribution >= 4 is 5.91 Å². The van der Waals surface area contributed by atoms with Crippen molar-refractivity contribution in [3.05, 3.63) is 17.7 Å². The topological polar surface area (TPSA) is 57.8 Å². The number of carbonyl (C=O) groups excluding carboxylic acids is 1. The number of rotatable bonds is 2. The van der Waals surface area contributed by atoms with E-state index in [-0.39, 0.29) is 5.91 Å². The van der Waals surface area contributed by atoms with E-state index in [1.54, 1.807) is 6.20 Å². The number of carbonyl (C=O) groups is 1. The Balaban J connectivity index is 1.90. The van der Waals surface area contributed by atoms with Gasteiger partial charge in [-0.2, -0.15) is 0 Å². The summed E-state index contributed by atoms with van der Waals surface area (Å²) in [4.78, 5) is 18.8. The molecule has 1 aromatic heterocycles. The van der Waals surface area contributed by atoms with Gasteiger partial charge in [0.1, 0.15) is 11.5 Å². The average Bonchev–Trinajstić information content (AvgIpc) is 2.54. The molecule has 1 heterocycles. The van der Waals surface area contributed by atoms with Crippen LogP contribution in [0.1, 0.15) is 54.8 Å². The number of aryl methyl sites for hydroxylation is 1. The first-order valence-electron chi connectivity index (χ1n) is 6.08. The molecule has 0 saturated heterocycles. The molecule has 1 aromatic rings. The highest BCUT2D eigenvalue weighted by Gasteiger charge is 2.16. The summed E-state index contributed by atoms with van der Waals surface area (Å²) in [5.74, 6) is 0.763. The Morgan fingerprint density at radius 2 is 2.06 bits per heavy atom. The summed E-state index contributed by atoms with van der Waals surface area (Å²) in [7, 11) is 0. The number of nitrogens with one attached hydrogen (secondary N) is 2. The van der Waals surface area contributed by atoms with E-state index in [1.165, 1.54) is 25.7 Å². The molecule has 1 aliphatic rings. The lowest BCUT2D eigenvalue weighted by Gasteiger charge is -2.15. The Morgan fingerprint density at radius 1 is 1.38 bits per heavy atom. The van der Waals surface area contributed by atoms with Gasteiger partial charge in [-0.05, 0) is 19.8 Å². The number of H-pyrrole nitrogens is 1. The lowest BCUT2D eigenvalue weighted by molar-refractivity contribution is 0.0928. The molecule has 4 nitrogen and oxygen atoms in total. The molecule has 0 bridgehead atoms. The van der Waals surface area contributed by atoms with Gasteiger partial charge in [-0.25, -0.2) is 4.98 Å². The highest BCUT2D eigenvalue weighted by atomic mass is 16.1. The third-order valence-electron chi connectivity index (χ3n) is 3.14. The largest absolute Gasteiger partial charge is 0.348 e. The van der Waals surface area contributed by atoms with Gasteiger partial charge in [-0.1, -0.05) is 25.7 Å². The Labute approximate surface area is 95.9 Å². The minimum absolute atomic E-state index is 0.0208. The molecular weight excluding hydrogens is 202 g/mol. The second-order valence-electron chi connectivity index (χ2n) is 4.54. The molecule has 0 radical (unpaired) electrons. The van der Waals surface area contributed by atoms with Crippen LogP contribution in [0.5, 0.6) is 0 Å².